The summed E-state index contributed by atoms with van der Waals surface area (Å²) in [6.07, 6.45) is 2.69. The molecule has 7 nitrogen and oxygen atoms in total. The molecule has 1 unspecified atom stereocenters. The van der Waals surface area contributed by atoms with Crippen LogP contribution in [-0.4, -0.2) is 46.4 Å². The minimum absolute atomic E-state index is 0.176. The maximum Gasteiger partial charge on any atom is 0.351 e. The van der Waals surface area contributed by atoms with Crippen LogP contribution in [0, 0.1) is 0 Å². The molecule has 0 spiro atoms. The van der Waals surface area contributed by atoms with E-state index in [0.717, 1.165) is 17.0 Å². The molecular formula is C19H20Cl2N4O3S2. The van der Waals surface area contributed by atoms with Gasteiger partial charge in [-0.1, -0.05) is 29.3 Å². The Kier molecular flexibility index (Phi) is 6.09. The SMILES string of the molecule is CS(=O)(=O)N1CCCC(c2nn(Cc3ccc(Cl)cc3Cl)c(=O)n2-c2cccs2)C1. The summed E-state index contributed by atoms with van der Waals surface area (Å²) in [5.74, 6) is 0.395. The fourth-order valence-electron chi connectivity index (χ4n) is 3.66. The normalized spacial score (nSPS) is 18.0. The molecule has 0 aliphatic carbocycles. The molecule has 1 atom stereocenters. The van der Waals surface area contributed by atoms with Gasteiger partial charge in [0.1, 0.15) is 10.8 Å². The standard InChI is InChI=1S/C19H20Cl2N4O3S2/c1-30(27,28)23-8-2-4-14(11-23)18-22-24(12-13-6-7-15(20)10-16(13)21)19(26)25(18)17-5-3-9-29-17/h3,5-7,9-10,14H,2,4,8,11-12H2,1H3. The number of piperidine rings is 1. The fraction of sp³-hybridized carbons (Fsp3) is 0.368. The van der Waals surface area contributed by atoms with Gasteiger partial charge < -0.3 is 0 Å². The van der Waals surface area contributed by atoms with Gasteiger partial charge in [0.15, 0.2) is 0 Å². The predicted octanol–water partition coefficient (Wildman–Crippen LogP) is 3.59. The van der Waals surface area contributed by atoms with Gasteiger partial charge in [-0.05, 0) is 48.1 Å². The minimum atomic E-state index is -3.31. The number of halogens is 2. The van der Waals surface area contributed by atoms with Crippen molar-refractivity contribution in [3.8, 4) is 5.00 Å². The monoisotopic (exact) mass is 486 g/mol. The molecule has 1 aromatic carbocycles. The molecule has 1 aliphatic rings. The lowest BCUT2D eigenvalue weighted by Crippen LogP contribution is -2.39. The lowest BCUT2D eigenvalue weighted by atomic mass is 9.99. The van der Waals surface area contributed by atoms with Crippen LogP contribution in [0.4, 0.5) is 0 Å². The van der Waals surface area contributed by atoms with E-state index in [1.165, 1.54) is 26.6 Å². The number of aromatic nitrogens is 3. The third-order valence-electron chi connectivity index (χ3n) is 5.14. The van der Waals surface area contributed by atoms with E-state index in [2.05, 4.69) is 5.10 Å². The van der Waals surface area contributed by atoms with Crippen LogP contribution in [0.2, 0.25) is 10.0 Å². The second kappa shape index (κ2) is 8.47. The van der Waals surface area contributed by atoms with Crippen molar-refractivity contribution >= 4 is 44.6 Å². The zero-order valence-electron chi connectivity index (χ0n) is 16.2. The van der Waals surface area contributed by atoms with E-state index in [4.69, 9.17) is 23.2 Å². The van der Waals surface area contributed by atoms with E-state index in [1.807, 2.05) is 17.5 Å². The molecule has 1 aliphatic heterocycles. The van der Waals surface area contributed by atoms with Crippen LogP contribution in [-0.2, 0) is 16.6 Å². The van der Waals surface area contributed by atoms with E-state index in [1.54, 1.807) is 22.8 Å². The molecule has 0 saturated carbocycles. The van der Waals surface area contributed by atoms with E-state index < -0.39 is 10.0 Å². The molecular weight excluding hydrogens is 467 g/mol. The van der Waals surface area contributed by atoms with E-state index in [0.29, 0.717) is 35.4 Å². The number of rotatable bonds is 5. The highest BCUT2D eigenvalue weighted by Crippen LogP contribution is 2.29. The number of thiophene rings is 1. The molecule has 3 heterocycles. The van der Waals surface area contributed by atoms with Crippen LogP contribution in [0.5, 0.6) is 0 Å². The maximum atomic E-state index is 13.3. The number of hydrogen-bond donors (Lipinski definition) is 0. The number of sulfonamides is 1. The Bertz CT molecular complexity index is 1220. The summed E-state index contributed by atoms with van der Waals surface area (Å²) in [6.45, 7) is 0.991. The Morgan fingerprint density at radius 1 is 1.27 bits per heavy atom. The lowest BCUT2D eigenvalue weighted by Gasteiger charge is -2.30. The Labute approximate surface area is 188 Å². The molecule has 160 valence electrons. The van der Waals surface area contributed by atoms with Gasteiger partial charge in [-0.2, -0.15) is 5.10 Å². The first-order chi connectivity index (χ1) is 14.2. The summed E-state index contributed by atoms with van der Waals surface area (Å²) in [4.78, 5) is 13.3. The van der Waals surface area contributed by atoms with Gasteiger partial charge in [0.05, 0.1) is 12.8 Å². The van der Waals surface area contributed by atoms with Crippen molar-refractivity contribution in [3.63, 3.8) is 0 Å². The van der Waals surface area contributed by atoms with Gasteiger partial charge in [0.2, 0.25) is 10.0 Å². The van der Waals surface area contributed by atoms with E-state index in [-0.39, 0.29) is 18.2 Å². The average molecular weight is 487 g/mol. The summed E-state index contributed by atoms with van der Waals surface area (Å²) in [5, 5.41) is 8.25. The smallest absolute Gasteiger partial charge is 0.246 e. The van der Waals surface area contributed by atoms with E-state index >= 15 is 0 Å². The third kappa shape index (κ3) is 4.36. The molecule has 3 aromatic rings. The molecule has 1 fully saturated rings. The molecule has 0 radical (unpaired) electrons. The topological polar surface area (TPSA) is 77.2 Å². The lowest BCUT2D eigenvalue weighted by molar-refractivity contribution is 0.308. The van der Waals surface area contributed by atoms with Gasteiger partial charge in [-0.15, -0.1) is 11.3 Å². The second-order valence-corrected chi connectivity index (χ2v) is 11.0. The summed E-state index contributed by atoms with van der Waals surface area (Å²) >= 11 is 13.7. The van der Waals surface area contributed by atoms with Crippen molar-refractivity contribution in [2.75, 3.05) is 19.3 Å². The van der Waals surface area contributed by atoms with Crippen molar-refractivity contribution < 1.29 is 8.42 Å². The molecule has 0 amide bonds. The van der Waals surface area contributed by atoms with Crippen molar-refractivity contribution in [2.24, 2.45) is 0 Å². The Morgan fingerprint density at radius 2 is 2.07 bits per heavy atom. The van der Waals surface area contributed by atoms with Gasteiger partial charge in [0, 0.05) is 29.1 Å². The largest absolute Gasteiger partial charge is 0.351 e. The summed E-state index contributed by atoms with van der Waals surface area (Å²) in [7, 11) is -3.31. The highest BCUT2D eigenvalue weighted by atomic mass is 35.5. The molecule has 11 heteroatoms. The molecule has 30 heavy (non-hydrogen) atoms. The van der Waals surface area contributed by atoms with Crippen molar-refractivity contribution in [1.82, 2.24) is 18.7 Å². The minimum Gasteiger partial charge on any atom is -0.246 e. The quantitative estimate of drug-likeness (QED) is 0.551. The predicted molar refractivity (Wildman–Crippen MR) is 120 cm³/mol. The highest BCUT2D eigenvalue weighted by molar-refractivity contribution is 7.88. The Balaban J connectivity index is 1.76. The van der Waals surface area contributed by atoms with Gasteiger partial charge in [-0.25, -0.2) is 26.8 Å². The van der Waals surface area contributed by atoms with Crippen molar-refractivity contribution in [2.45, 2.75) is 25.3 Å². The van der Waals surface area contributed by atoms with Crippen LogP contribution in [0.3, 0.4) is 0 Å². The van der Waals surface area contributed by atoms with Crippen LogP contribution >= 0.6 is 34.5 Å². The van der Waals surface area contributed by atoms with Gasteiger partial charge in [-0.3, -0.25) is 0 Å². The zero-order valence-corrected chi connectivity index (χ0v) is 19.3. The average Bonchev–Trinajstić information content (AvgIpc) is 3.32. The van der Waals surface area contributed by atoms with Crippen LogP contribution < -0.4 is 5.69 Å². The van der Waals surface area contributed by atoms with Crippen LogP contribution in [0.25, 0.3) is 5.00 Å². The van der Waals surface area contributed by atoms with Crippen molar-refractivity contribution in [1.29, 1.82) is 0 Å². The molecule has 4 rings (SSSR count). The number of benzene rings is 1. The first kappa shape index (κ1) is 21.6. The fourth-order valence-corrected chi connectivity index (χ4v) is 5.77. The second-order valence-electron chi connectivity index (χ2n) is 7.28. The Hall–Kier alpha value is -1.65. The first-order valence-electron chi connectivity index (χ1n) is 9.36. The maximum absolute atomic E-state index is 13.3. The molecule has 1 saturated heterocycles. The van der Waals surface area contributed by atoms with Crippen LogP contribution in [0.1, 0.15) is 30.1 Å². The summed E-state index contributed by atoms with van der Waals surface area (Å²) < 4.78 is 28.6. The summed E-state index contributed by atoms with van der Waals surface area (Å²) in [5.41, 5.74) is 0.446. The summed E-state index contributed by atoms with van der Waals surface area (Å²) in [6, 6.07) is 8.84. The molecule has 2 aromatic heterocycles. The van der Waals surface area contributed by atoms with Gasteiger partial charge >= 0.3 is 5.69 Å². The number of hydrogen-bond acceptors (Lipinski definition) is 5. The third-order valence-corrected chi connectivity index (χ3v) is 7.85. The number of nitrogens with zero attached hydrogens (tertiary/aromatic N) is 4. The van der Waals surface area contributed by atoms with Crippen LogP contribution in [0.15, 0.2) is 40.5 Å². The van der Waals surface area contributed by atoms with Crippen molar-refractivity contribution in [3.05, 3.63) is 67.6 Å². The first-order valence-corrected chi connectivity index (χ1v) is 12.8. The molecule has 0 N–H and O–H groups in total. The zero-order chi connectivity index (χ0) is 21.5. The van der Waals surface area contributed by atoms with E-state index in [9.17, 15) is 13.2 Å². The highest BCUT2D eigenvalue weighted by Gasteiger charge is 2.31. The van der Waals surface area contributed by atoms with Gasteiger partial charge in [0.25, 0.3) is 0 Å². The molecule has 0 bridgehead atoms. The Morgan fingerprint density at radius 3 is 2.73 bits per heavy atom.